The third kappa shape index (κ3) is 5.26. The van der Waals surface area contributed by atoms with Crippen LogP contribution in [0.4, 0.5) is 11.4 Å². The highest BCUT2D eigenvalue weighted by atomic mass is 16.1. The van der Waals surface area contributed by atoms with Crippen LogP contribution in [0.3, 0.4) is 0 Å². The predicted molar refractivity (Wildman–Crippen MR) is 123 cm³/mol. The van der Waals surface area contributed by atoms with Crippen LogP contribution in [-0.4, -0.2) is 5.91 Å². The smallest absolute Gasteiger partial charge is 0.255 e. The van der Waals surface area contributed by atoms with Gasteiger partial charge in [-0.3, -0.25) is 4.79 Å². The normalized spacial score (nSPS) is 11.7. The van der Waals surface area contributed by atoms with Gasteiger partial charge in [-0.2, -0.15) is 0 Å². The minimum Gasteiger partial charge on any atom is -0.381 e. The van der Waals surface area contributed by atoms with Gasteiger partial charge in [-0.15, -0.1) is 0 Å². The van der Waals surface area contributed by atoms with Crippen LogP contribution in [0.15, 0.2) is 72.8 Å². The Morgan fingerprint density at radius 1 is 0.897 bits per heavy atom. The fourth-order valence-corrected chi connectivity index (χ4v) is 3.48. The predicted octanol–water partition coefficient (Wildman–Crippen LogP) is 6.63. The average Bonchev–Trinajstić information content (AvgIpc) is 2.77. The number of carbonyl (C=O) groups is 1. The molecule has 0 aromatic heterocycles. The van der Waals surface area contributed by atoms with Crippen molar-refractivity contribution in [2.24, 2.45) is 0 Å². The maximum atomic E-state index is 12.9. The number of hydrogen-bond acceptors (Lipinski definition) is 2. The summed E-state index contributed by atoms with van der Waals surface area (Å²) in [6.07, 6.45) is 2.02. The minimum absolute atomic E-state index is 0.0726. The van der Waals surface area contributed by atoms with Crippen molar-refractivity contribution in [3.8, 4) is 0 Å². The lowest BCUT2D eigenvalue weighted by molar-refractivity contribution is 0.102. The molecule has 3 nitrogen and oxygen atoms in total. The van der Waals surface area contributed by atoms with Gasteiger partial charge < -0.3 is 10.6 Å². The molecule has 0 spiro atoms. The van der Waals surface area contributed by atoms with Crippen molar-refractivity contribution in [3.63, 3.8) is 0 Å². The second-order valence-corrected chi connectivity index (χ2v) is 7.42. The topological polar surface area (TPSA) is 41.1 Å². The lowest BCUT2D eigenvalue weighted by Gasteiger charge is -2.16. The van der Waals surface area contributed by atoms with Gasteiger partial charge in [0.1, 0.15) is 0 Å². The average molecular weight is 387 g/mol. The van der Waals surface area contributed by atoms with Gasteiger partial charge in [0.15, 0.2) is 0 Å². The maximum Gasteiger partial charge on any atom is 0.255 e. The van der Waals surface area contributed by atoms with Crippen LogP contribution in [0, 0.1) is 0 Å². The molecule has 3 rings (SSSR count). The molecule has 1 amide bonds. The van der Waals surface area contributed by atoms with Crippen LogP contribution in [-0.2, 0) is 13.0 Å². The molecular formula is C26H30N2O. The largest absolute Gasteiger partial charge is 0.381 e. The van der Waals surface area contributed by atoms with E-state index in [0.717, 1.165) is 29.8 Å². The number of aryl methyl sites for hydroxylation is 1. The third-order valence-electron chi connectivity index (χ3n) is 5.42. The van der Waals surface area contributed by atoms with Crippen molar-refractivity contribution in [1.82, 2.24) is 0 Å². The van der Waals surface area contributed by atoms with Gasteiger partial charge >= 0.3 is 0 Å². The Balaban J connectivity index is 1.72. The van der Waals surface area contributed by atoms with E-state index in [9.17, 15) is 4.79 Å². The molecule has 0 aliphatic rings. The van der Waals surface area contributed by atoms with E-state index < -0.39 is 0 Å². The van der Waals surface area contributed by atoms with E-state index in [4.69, 9.17) is 0 Å². The summed E-state index contributed by atoms with van der Waals surface area (Å²) in [5, 5.41) is 6.60. The molecule has 0 saturated heterocycles. The number of anilines is 2. The number of carbonyl (C=O) groups excluding carboxylic acids is 1. The molecule has 1 unspecified atom stereocenters. The number of benzene rings is 3. The second kappa shape index (κ2) is 9.92. The van der Waals surface area contributed by atoms with Gasteiger partial charge in [-0.05, 0) is 59.7 Å². The molecule has 1 atom stereocenters. The third-order valence-corrected chi connectivity index (χ3v) is 5.42. The lowest BCUT2D eigenvalue weighted by Crippen LogP contribution is -2.14. The quantitative estimate of drug-likeness (QED) is 0.456. The van der Waals surface area contributed by atoms with Crippen LogP contribution in [0.2, 0.25) is 0 Å². The van der Waals surface area contributed by atoms with E-state index >= 15 is 0 Å². The molecule has 3 aromatic rings. The minimum atomic E-state index is -0.0726. The first-order valence-corrected chi connectivity index (χ1v) is 10.4. The van der Waals surface area contributed by atoms with Crippen molar-refractivity contribution < 1.29 is 4.79 Å². The van der Waals surface area contributed by atoms with Gasteiger partial charge in [-0.25, -0.2) is 0 Å². The Hall–Kier alpha value is -3.07. The van der Waals surface area contributed by atoms with Crippen molar-refractivity contribution in [2.75, 3.05) is 10.6 Å². The number of nitrogens with one attached hydrogen (secondary N) is 2. The van der Waals surface area contributed by atoms with Crippen molar-refractivity contribution in [1.29, 1.82) is 0 Å². The fourth-order valence-electron chi connectivity index (χ4n) is 3.48. The van der Waals surface area contributed by atoms with Gasteiger partial charge in [0.2, 0.25) is 0 Å². The molecule has 2 N–H and O–H groups in total. The molecule has 0 heterocycles. The molecule has 3 heteroatoms. The Labute approximate surface area is 174 Å². The van der Waals surface area contributed by atoms with Crippen molar-refractivity contribution >= 4 is 17.3 Å². The molecule has 0 radical (unpaired) electrons. The zero-order chi connectivity index (χ0) is 20.6. The summed E-state index contributed by atoms with van der Waals surface area (Å²) in [6, 6.07) is 24.2. The van der Waals surface area contributed by atoms with E-state index in [0.29, 0.717) is 18.0 Å². The monoisotopic (exact) mass is 386 g/mol. The first-order chi connectivity index (χ1) is 14.1. The van der Waals surface area contributed by atoms with Crippen LogP contribution in [0.1, 0.15) is 60.2 Å². The number of rotatable bonds is 8. The summed E-state index contributed by atoms with van der Waals surface area (Å²) in [6.45, 7) is 7.19. The summed E-state index contributed by atoms with van der Waals surface area (Å²) >= 11 is 0. The van der Waals surface area contributed by atoms with Gasteiger partial charge in [-0.1, -0.05) is 69.3 Å². The lowest BCUT2D eigenvalue weighted by atomic mass is 9.96. The van der Waals surface area contributed by atoms with Gasteiger partial charge in [0, 0.05) is 23.5 Å². The molecule has 0 fully saturated rings. The van der Waals surface area contributed by atoms with E-state index in [1.807, 2.05) is 48.5 Å². The summed E-state index contributed by atoms with van der Waals surface area (Å²) in [5.74, 6) is 0.331. The Morgan fingerprint density at radius 2 is 1.62 bits per heavy atom. The number of para-hydroxylation sites is 2. The molecule has 0 aliphatic heterocycles. The van der Waals surface area contributed by atoms with E-state index in [2.05, 4.69) is 55.7 Å². The molecular weight excluding hydrogens is 356 g/mol. The molecule has 29 heavy (non-hydrogen) atoms. The second-order valence-electron chi connectivity index (χ2n) is 7.42. The highest BCUT2D eigenvalue weighted by Gasteiger charge is 2.12. The zero-order valence-corrected chi connectivity index (χ0v) is 17.5. The summed E-state index contributed by atoms with van der Waals surface area (Å²) in [7, 11) is 0. The van der Waals surface area contributed by atoms with Crippen LogP contribution < -0.4 is 10.6 Å². The Bertz CT molecular complexity index is 964. The summed E-state index contributed by atoms with van der Waals surface area (Å²) in [5.41, 5.74) is 6.27. The fraction of sp³-hybridized carbons (Fsp3) is 0.269. The summed E-state index contributed by atoms with van der Waals surface area (Å²) in [4.78, 5) is 12.9. The van der Waals surface area contributed by atoms with Gasteiger partial charge in [0.25, 0.3) is 5.91 Å². The van der Waals surface area contributed by atoms with E-state index in [1.165, 1.54) is 11.1 Å². The molecule has 3 aromatic carbocycles. The first-order valence-electron chi connectivity index (χ1n) is 10.4. The van der Waals surface area contributed by atoms with Crippen LogP contribution >= 0.6 is 0 Å². The molecule has 0 saturated carbocycles. The van der Waals surface area contributed by atoms with Crippen LogP contribution in [0.5, 0.6) is 0 Å². The molecule has 150 valence electrons. The SMILES string of the molecule is CCc1ccccc1NCc1cccc(C(=O)Nc2ccccc2C(C)CC)c1. The van der Waals surface area contributed by atoms with Crippen LogP contribution in [0.25, 0.3) is 0 Å². The van der Waals surface area contributed by atoms with E-state index in [-0.39, 0.29) is 5.91 Å². The highest BCUT2D eigenvalue weighted by Crippen LogP contribution is 2.27. The number of amides is 1. The Morgan fingerprint density at radius 3 is 2.38 bits per heavy atom. The zero-order valence-electron chi connectivity index (χ0n) is 17.5. The molecule has 0 bridgehead atoms. The standard InChI is InChI=1S/C26H30N2O/c1-4-19(3)23-14-7-9-16-25(23)28-26(29)22-13-10-11-20(17-22)18-27-24-15-8-6-12-21(24)5-2/h6-17,19,27H,4-5,18H2,1-3H3,(H,28,29). The maximum absolute atomic E-state index is 12.9. The van der Waals surface area contributed by atoms with Gasteiger partial charge in [0.05, 0.1) is 0 Å². The van der Waals surface area contributed by atoms with Crippen molar-refractivity contribution in [2.45, 2.75) is 46.1 Å². The van der Waals surface area contributed by atoms with Crippen molar-refractivity contribution in [3.05, 3.63) is 95.1 Å². The molecule has 0 aliphatic carbocycles. The number of hydrogen-bond donors (Lipinski definition) is 2. The summed E-state index contributed by atoms with van der Waals surface area (Å²) < 4.78 is 0. The highest BCUT2D eigenvalue weighted by molar-refractivity contribution is 6.04. The Kier molecular flexibility index (Phi) is 7.07. The first kappa shape index (κ1) is 20.7. The van der Waals surface area contributed by atoms with E-state index in [1.54, 1.807) is 0 Å².